The Bertz CT molecular complexity index is 304. The Morgan fingerprint density at radius 2 is 1.71 bits per heavy atom. The fraction of sp³-hybridized carbons (Fsp3) is 0.929. The summed E-state index contributed by atoms with van der Waals surface area (Å²) in [6.07, 6.45) is 6.65. The van der Waals surface area contributed by atoms with Crippen LogP contribution in [0, 0.1) is 17.8 Å². The highest BCUT2D eigenvalue weighted by molar-refractivity contribution is 5.82. The van der Waals surface area contributed by atoms with Gasteiger partial charge >= 0.3 is 0 Å². The van der Waals surface area contributed by atoms with Crippen molar-refractivity contribution in [2.45, 2.75) is 51.0 Å². The topological polar surface area (TPSA) is 40.5 Å². The molecule has 1 N–H and O–H groups in total. The molecule has 1 saturated heterocycles. The standard InChI is InChI=1S/C14H23NO2/c1-14(17)6-8-15(9-7-14)13(16)12-10-4-2-3-5-11(10)12/h10-12,17H,2-9H2,1H3. The number of aliphatic hydroxyl groups is 1. The molecule has 0 aromatic carbocycles. The highest BCUT2D eigenvalue weighted by atomic mass is 16.3. The average molecular weight is 237 g/mol. The van der Waals surface area contributed by atoms with Gasteiger partial charge in [-0.25, -0.2) is 0 Å². The van der Waals surface area contributed by atoms with Crippen LogP contribution in [0.15, 0.2) is 0 Å². The summed E-state index contributed by atoms with van der Waals surface area (Å²) >= 11 is 0. The molecule has 3 heteroatoms. The summed E-state index contributed by atoms with van der Waals surface area (Å²) in [5.41, 5.74) is -0.549. The van der Waals surface area contributed by atoms with Crippen molar-refractivity contribution in [3.05, 3.63) is 0 Å². The van der Waals surface area contributed by atoms with Gasteiger partial charge in [0, 0.05) is 19.0 Å². The smallest absolute Gasteiger partial charge is 0.226 e. The number of nitrogens with zero attached hydrogens (tertiary/aromatic N) is 1. The largest absolute Gasteiger partial charge is 0.390 e. The van der Waals surface area contributed by atoms with Crippen LogP contribution in [0.2, 0.25) is 0 Å². The summed E-state index contributed by atoms with van der Waals surface area (Å²) in [6, 6.07) is 0. The van der Waals surface area contributed by atoms with E-state index in [9.17, 15) is 9.90 Å². The Labute approximate surface area is 103 Å². The van der Waals surface area contributed by atoms with Crippen molar-refractivity contribution in [2.24, 2.45) is 17.8 Å². The van der Waals surface area contributed by atoms with E-state index in [-0.39, 0.29) is 0 Å². The molecular formula is C14H23NO2. The normalized spacial score (nSPS) is 39.6. The third kappa shape index (κ3) is 2.10. The van der Waals surface area contributed by atoms with Crippen LogP contribution in [-0.4, -0.2) is 34.6 Å². The van der Waals surface area contributed by atoms with E-state index >= 15 is 0 Å². The minimum atomic E-state index is -0.549. The highest BCUT2D eigenvalue weighted by Crippen LogP contribution is 2.56. The van der Waals surface area contributed by atoms with Gasteiger partial charge < -0.3 is 10.0 Å². The monoisotopic (exact) mass is 237 g/mol. The van der Waals surface area contributed by atoms with E-state index in [0.717, 1.165) is 25.9 Å². The lowest BCUT2D eigenvalue weighted by Crippen LogP contribution is -2.45. The fourth-order valence-electron chi connectivity index (χ4n) is 3.78. The van der Waals surface area contributed by atoms with Gasteiger partial charge in [0.15, 0.2) is 0 Å². The molecule has 1 aliphatic heterocycles. The van der Waals surface area contributed by atoms with Crippen LogP contribution in [0.5, 0.6) is 0 Å². The Morgan fingerprint density at radius 3 is 2.24 bits per heavy atom. The number of piperidine rings is 1. The first-order chi connectivity index (χ1) is 8.08. The quantitative estimate of drug-likeness (QED) is 0.755. The number of hydrogen-bond donors (Lipinski definition) is 1. The van der Waals surface area contributed by atoms with Crippen molar-refractivity contribution >= 4 is 5.91 Å². The van der Waals surface area contributed by atoms with E-state index in [2.05, 4.69) is 0 Å². The van der Waals surface area contributed by atoms with E-state index in [1.807, 2.05) is 11.8 Å². The zero-order valence-corrected chi connectivity index (χ0v) is 10.7. The first kappa shape index (κ1) is 11.5. The fourth-order valence-corrected chi connectivity index (χ4v) is 3.78. The highest BCUT2D eigenvalue weighted by Gasteiger charge is 2.56. The molecule has 0 radical (unpaired) electrons. The summed E-state index contributed by atoms with van der Waals surface area (Å²) in [6.45, 7) is 3.38. The van der Waals surface area contributed by atoms with Crippen LogP contribution >= 0.6 is 0 Å². The van der Waals surface area contributed by atoms with Crippen molar-refractivity contribution in [3.63, 3.8) is 0 Å². The van der Waals surface area contributed by atoms with Gasteiger partial charge in [-0.1, -0.05) is 12.8 Å². The minimum absolute atomic E-state index is 0.348. The van der Waals surface area contributed by atoms with Gasteiger partial charge in [-0.3, -0.25) is 4.79 Å². The predicted molar refractivity (Wildman–Crippen MR) is 65.4 cm³/mol. The van der Waals surface area contributed by atoms with Gasteiger partial charge in [-0.2, -0.15) is 0 Å². The van der Waals surface area contributed by atoms with Gasteiger partial charge in [-0.05, 0) is 44.4 Å². The van der Waals surface area contributed by atoms with Crippen molar-refractivity contribution in [1.29, 1.82) is 0 Å². The van der Waals surface area contributed by atoms with Crippen LogP contribution in [-0.2, 0) is 4.79 Å². The van der Waals surface area contributed by atoms with Crippen molar-refractivity contribution in [3.8, 4) is 0 Å². The molecule has 2 aliphatic carbocycles. The minimum Gasteiger partial charge on any atom is -0.390 e. The van der Waals surface area contributed by atoms with Crippen molar-refractivity contribution in [2.75, 3.05) is 13.1 Å². The summed E-state index contributed by atoms with van der Waals surface area (Å²) < 4.78 is 0. The Balaban J connectivity index is 1.57. The lowest BCUT2D eigenvalue weighted by atomic mass is 9.93. The second-order valence-corrected chi connectivity index (χ2v) is 6.46. The number of rotatable bonds is 1. The number of amides is 1. The van der Waals surface area contributed by atoms with Gasteiger partial charge in [0.1, 0.15) is 0 Å². The number of likely N-dealkylation sites (tertiary alicyclic amines) is 1. The molecule has 3 fully saturated rings. The zero-order chi connectivity index (χ0) is 12.0. The maximum Gasteiger partial charge on any atom is 0.226 e. The van der Waals surface area contributed by atoms with Gasteiger partial charge in [0.2, 0.25) is 5.91 Å². The van der Waals surface area contributed by atoms with Crippen molar-refractivity contribution in [1.82, 2.24) is 4.90 Å². The molecule has 0 bridgehead atoms. The van der Waals surface area contributed by atoms with Gasteiger partial charge in [-0.15, -0.1) is 0 Å². The molecule has 0 spiro atoms. The molecule has 96 valence electrons. The molecule has 3 nitrogen and oxygen atoms in total. The Kier molecular flexibility index (Phi) is 2.69. The summed E-state index contributed by atoms with van der Waals surface area (Å²) in [4.78, 5) is 14.4. The van der Waals surface area contributed by atoms with Crippen LogP contribution in [0.1, 0.15) is 45.4 Å². The lowest BCUT2D eigenvalue weighted by Gasteiger charge is -2.36. The Hall–Kier alpha value is -0.570. The van der Waals surface area contributed by atoms with E-state index in [1.165, 1.54) is 25.7 Å². The molecule has 0 aromatic rings. The van der Waals surface area contributed by atoms with E-state index in [1.54, 1.807) is 0 Å². The van der Waals surface area contributed by atoms with Gasteiger partial charge in [0.25, 0.3) is 0 Å². The number of hydrogen-bond acceptors (Lipinski definition) is 2. The molecule has 3 aliphatic rings. The third-order valence-corrected chi connectivity index (χ3v) is 5.09. The lowest BCUT2D eigenvalue weighted by molar-refractivity contribution is -0.136. The molecule has 17 heavy (non-hydrogen) atoms. The summed E-state index contributed by atoms with van der Waals surface area (Å²) in [7, 11) is 0. The molecule has 2 atom stereocenters. The van der Waals surface area contributed by atoms with Crippen LogP contribution in [0.25, 0.3) is 0 Å². The Morgan fingerprint density at radius 1 is 1.18 bits per heavy atom. The molecule has 2 saturated carbocycles. The first-order valence-corrected chi connectivity index (χ1v) is 7.10. The predicted octanol–water partition coefficient (Wildman–Crippen LogP) is 1.80. The zero-order valence-electron chi connectivity index (χ0n) is 10.7. The number of carbonyl (C=O) groups is 1. The molecule has 3 rings (SSSR count). The van der Waals surface area contributed by atoms with Crippen LogP contribution in [0.4, 0.5) is 0 Å². The maximum absolute atomic E-state index is 12.4. The van der Waals surface area contributed by atoms with Crippen LogP contribution < -0.4 is 0 Å². The van der Waals surface area contributed by atoms with E-state index in [4.69, 9.17) is 0 Å². The number of fused-ring (bicyclic) bond motifs is 1. The maximum atomic E-state index is 12.4. The molecule has 1 amide bonds. The molecule has 2 unspecified atom stereocenters. The average Bonchev–Trinajstić information content (AvgIpc) is 3.02. The third-order valence-electron chi connectivity index (χ3n) is 5.09. The van der Waals surface area contributed by atoms with Gasteiger partial charge in [0.05, 0.1) is 5.60 Å². The second-order valence-electron chi connectivity index (χ2n) is 6.46. The first-order valence-electron chi connectivity index (χ1n) is 7.10. The van der Waals surface area contributed by atoms with Crippen LogP contribution in [0.3, 0.4) is 0 Å². The second kappa shape index (κ2) is 3.98. The molecule has 1 heterocycles. The molecule has 0 aromatic heterocycles. The van der Waals surface area contributed by atoms with E-state index < -0.39 is 5.60 Å². The van der Waals surface area contributed by atoms with E-state index in [0.29, 0.717) is 23.7 Å². The van der Waals surface area contributed by atoms with Crippen molar-refractivity contribution < 1.29 is 9.90 Å². The summed E-state index contributed by atoms with van der Waals surface area (Å²) in [5, 5.41) is 9.90. The molecular weight excluding hydrogens is 214 g/mol. The SMILES string of the molecule is CC1(O)CCN(C(=O)C2C3CCCCC32)CC1. The summed E-state index contributed by atoms with van der Waals surface area (Å²) in [5.74, 6) is 2.15. The number of carbonyl (C=O) groups excluding carboxylic acids is 1.